The first kappa shape index (κ1) is 17.5. The number of ether oxygens (including phenoxy) is 2. The summed E-state index contributed by atoms with van der Waals surface area (Å²) in [5.74, 6) is 0.464. The van der Waals surface area contributed by atoms with E-state index in [1.807, 2.05) is 84.7 Å². The Morgan fingerprint density at radius 3 is 2.04 bits per heavy atom. The first-order valence-corrected chi connectivity index (χ1v) is 8.48. The first-order valence-electron chi connectivity index (χ1n) is 8.48. The molecule has 4 heteroatoms. The molecule has 0 N–H and O–H groups in total. The maximum Gasteiger partial charge on any atom is 0.513 e. The highest BCUT2D eigenvalue weighted by atomic mass is 16.7. The molecule has 0 spiro atoms. The highest BCUT2D eigenvalue weighted by molar-refractivity contribution is 5.67. The van der Waals surface area contributed by atoms with Crippen LogP contribution in [0.25, 0.3) is 11.1 Å². The van der Waals surface area contributed by atoms with Crippen molar-refractivity contribution in [3.05, 3.63) is 84.9 Å². The molecular formula is C22H21NO3. The second kappa shape index (κ2) is 8.72. The Morgan fingerprint density at radius 1 is 0.808 bits per heavy atom. The molecule has 0 aliphatic rings. The summed E-state index contributed by atoms with van der Waals surface area (Å²) in [5.41, 5.74) is 3.25. The maximum absolute atomic E-state index is 11.8. The van der Waals surface area contributed by atoms with Gasteiger partial charge in [-0.3, -0.25) is 0 Å². The fraction of sp³-hybridized carbons (Fsp3) is 0.136. The topological polar surface area (TPSA) is 38.8 Å². The van der Waals surface area contributed by atoms with Crippen molar-refractivity contribution in [2.24, 2.45) is 0 Å². The molecule has 0 saturated carbocycles. The Hall–Kier alpha value is -3.27. The van der Waals surface area contributed by atoms with E-state index < -0.39 is 6.16 Å². The molecule has 0 bridgehead atoms. The van der Waals surface area contributed by atoms with Gasteiger partial charge in [-0.05, 0) is 35.4 Å². The second-order valence-corrected chi connectivity index (χ2v) is 5.85. The highest BCUT2D eigenvalue weighted by Gasteiger charge is 2.08. The fourth-order valence-electron chi connectivity index (χ4n) is 2.55. The van der Waals surface area contributed by atoms with Crippen LogP contribution in [0.5, 0.6) is 5.75 Å². The minimum absolute atomic E-state index is 0.256. The maximum atomic E-state index is 11.8. The molecule has 0 radical (unpaired) electrons. The summed E-state index contributed by atoms with van der Waals surface area (Å²) in [6, 6.07) is 27.3. The van der Waals surface area contributed by atoms with Gasteiger partial charge in [0, 0.05) is 12.7 Å². The van der Waals surface area contributed by atoms with Crippen molar-refractivity contribution in [1.29, 1.82) is 0 Å². The van der Waals surface area contributed by atoms with Gasteiger partial charge in [-0.25, -0.2) is 4.79 Å². The quantitative estimate of drug-likeness (QED) is 0.464. The van der Waals surface area contributed by atoms with E-state index in [1.54, 1.807) is 12.1 Å². The fourth-order valence-corrected chi connectivity index (χ4v) is 2.55. The molecule has 0 atom stereocenters. The zero-order valence-electron chi connectivity index (χ0n) is 14.7. The molecule has 0 heterocycles. The summed E-state index contributed by atoms with van der Waals surface area (Å²) in [6.45, 7) is 0.846. The molecule has 0 saturated heterocycles. The number of hydrogen-bond acceptors (Lipinski definition) is 4. The number of nitrogens with zero attached hydrogens (tertiary/aromatic N) is 1. The molecule has 3 aromatic rings. The smallest absolute Gasteiger partial charge is 0.432 e. The lowest BCUT2D eigenvalue weighted by molar-refractivity contribution is 0.102. The van der Waals surface area contributed by atoms with Crippen LogP contribution in [-0.4, -0.2) is 26.4 Å². The summed E-state index contributed by atoms with van der Waals surface area (Å²) < 4.78 is 10.4. The van der Waals surface area contributed by atoms with Gasteiger partial charge >= 0.3 is 6.16 Å². The third-order valence-electron chi connectivity index (χ3n) is 4.01. The number of likely N-dealkylation sites (N-methyl/N-ethyl adjacent to an activating group) is 1. The molecule has 0 fully saturated rings. The van der Waals surface area contributed by atoms with Crippen LogP contribution in [-0.2, 0) is 4.74 Å². The van der Waals surface area contributed by atoms with Crippen LogP contribution in [0, 0.1) is 0 Å². The van der Waals surface area contributed by atoms with Crippen LogP contribution in [0.2, 0.25) is 0 Å². The van der Waals surface area contributed by atoms with Crippen LogP contribution in [0.4, 0.5) is 10.5 Å². The van der Waals surface area contributed by atoms with Gasteiger partial charge in [0.25, 0.3) is 0 Å². The van der Waals surface area contributed by atoms with Gasteiger partial charge in [-0.2, -0.15) is 0 Å². The van der Waals surface area contributed by atoms with Crippen LogP contribution >= 0.6 is 0 Å². The lowest BCUT2D eigenvalue weighted by atomic mass is 10.1. The van der Waals surface area contributed by atoms with Crippen molar-refractivity contribution in [3.8, 4) is 16.9 Å². The van der Waals surface area contributed by atoms with Crippen molar-refractivity contribution in [1.82, 2.24) is 0 Å². The molecule has 0 aliphatic heterocycles. The molecule has 0 amide bonds. The van der Waals surface area contributed by atoms with Crippen molar-refractivity contribution in [3.63, 3.8) is 0 Å². The number of benzene rings is 3. The van der Waals surface area contributed by atoms with Crippen LogP contribution < -0.4 is 9.64 Å². The lowest BCUT2D eigenvalue weighted by Gasteiger charge is -2.18. The summed E-state index contributed by atoms with van der Waals surface area (Å²) in [6.07, 6.45) is -0.695. The van der Waals surface area contributed by atoms with E-state index in [0.29, 0.717) is 12.3 Å². The van der Waals surface area contributed by atoms with E-state index in [9.17, 15) is 4.79 Å². The third-order valence-corrected chi connectivity index (χ3v) is 4.01. The molecule has 0 aromatic heterocycles. The SMILES string of the molecule is CN(CCOC(=O)Oc1ccc(-c2ccccc2)cc1)c1ccccc1. The Labute approximate surface area is 153 Å². The van der Waals surface area contributed by atoms with Gasteiger partial charge in [0.2, 0.25) is 0 Å². The highest BCUT2D eigenvalue weighted by Crippen LogP contribution is 2.22. The Morgan fingerprint density at radius 2 is 1.38 bits per heavy atom. The van der Waals surface area contributed by atoms with E-state index in [4.69, 9.17) is 9.47 Å². The third kappa shape index (κ3) is 4.86. The summed E-state index contributed by atoms with van der Waals surface area (Å²) in [4.78, 5) is 13.8. The largest absolute Gasteiger partial charge is 0.513 e. The molecule has 26 heavy (non-hydrogen) atoms. The predicted molar refractivity (Wildman–Crippen MR) is 104 cm³/mol. The second-order valence-electron chi connectivity index (χ2n) is 5.85. The van der Waals surface area contributed by atoms with Gasteiger partial charge in [-0.15, -0.1) is 0 Å². The predicted octanol–water partition coefficient (Wildman–Crippen LogP) is 5.01. The van der Waals surface area contributed by atoms with Crippen molar-refractivity contribution in [2.75, 3.05) is 25.1 Å². The Bertz CT molecular complexity index is 817. The van der Waals surface area contributed by atoms with Gasteiger partial charge in [0.1, 0.15) is 12.4 Å². The number of anilines is 1. The van der Waals surface area contributed by atoms with E-state index in [2.05, 4.69) is 0 Å². The normalized spacial score (nSPS) is 10.2. The molecule has 0 aliphatic carbocycles. The van der Waals surface area contributed by atoms with Crippen molar-refractivity contribution >= 4 is 11.8 Å². The summed E-state index contributed by atoms with van der Waals surface area (Å²) in [5, 5.41) is 0. The minimum Gasteiger partial charge on any atom is -0.432 e. The Kier molecular flexibility index (Phi) is 5.88. The van der Waals surface area contributed by atoms with Gasteiger partial charge in [0.05, 0.1) is 6.54 Å². The monoisotopic (exact) mass is 347 g/mol. The Balaban J connectivity index is 1.46. The molecular weight excluding hydrogens is 326 g/mol. The molecule has 3 aromatic carbocycles. The van der Waals surface area contributed by atoms with Crippen molar-refractivity contribution in [2.45, 2.75) is 0 Å². The molecule has 0 unspecified atom stereocenters. The van der Waals surface area contributed by atoms with Crippen LogP contribution in [0.3, 0.4) is 0 Å². The number of carbonyl (C=O) groups excluding carboxylic acids is 1. The van der Waals surface area contributed by atoms with E-state index in [0.717, 1.165) is 16.8 Å². The number of para-hydroxylation sites is 1. The molecule has 4 nitrogen and oxygen atoms in total. The number of carbonyl (C=O) groups is 1. The number of rotatable bonds is 6. The van der Waals surface area contributed by atoms with Crippen LogP contribution in [0.15, 0.2) is 84.9 Å². The van der Waals surface area contributed by atoms with Crippen molar-refractivity contribution < 1.29 is 14.3 Å². The number of hydrogen-bond donors (Lipinski definition) is 0. The van der Waals surface area contributed by atoms with Gasteiger partial charge in [0.15, 0.2) is 0 Å². The minimum atomic E-state index is -0.695. The summed E-state index contributed by atoms with van der Waals surface area (Å²) >= 11 is 0. The van der Waals surface area contributed by atoms with E-state index in [1.165, 1.54) is 0 Å². The lowest BCUT2D eigenvalue weighted by Crippen LogP contribution is -2.24. The van der Waals surface area contributed by atoms with Gasteiger partial charge in [-0.1, -0.05) is 60.7 Å². The van der Waals surface area contributed by atoms with E-state index in [-0.39, 0.29) is 6.61 Å². The average Bonchev–Trinajstić information content (AvgIpc) is 2.70. The average molecular weight is 347 g/mol. The first-order chi connectivity index (χ1) is 12.7. The van der Waals surface area contributed by atoms with E-state index >= 15 is 0 Å². The zero-order chi connectivity index (χ0) is 18.2. The zero-order valence-corrected chi connectivity index (χ0v) is 14.7. The van der Waals surface area contributed by atoms with Gasteiger partial charge < -0.3 is 14.4 Å². The standard InChI is InChI=1S/C22H21NO3/c1-23(20-10-6-3-7-11-20)16-17-25-22(24)26-21-14-12-19(13-15-21)18-8-4-2-5-9-18/h2-15H,16-17H2,1H3. The summed E-state index contributed by atoms with van der Waals surface area (Å²) in [7, 11) is 1.95. The molecule has 3 rings (SSSR count). The molecule has 132 valence electrons. The van der Waals surface area contributed by atoms with Crippen LogP contribution in [0.1, 0.15) is 0 Å².